The van der Waals surface area contributed by atoms with E-state index in [1.165, 1.54) is 11.8 Å². The summed E-state index contributed by atoms with van der Waals surface area (Å²) in [5.74, 6) is 0.137. The quantitative estimate of drug-likeness (QED) is 0.482. The lowest BCUT2D eigenvalue weighted by Crippen LogP contribution is -2.24. The fraction of sp³-hybridized carbons (Fsp3) is 0.818. The minimum atomic E-state index is -1.03. The zero-order chi connectivity index (χ0) is 13.3. The maximum absolute atomic E-state index is 11.2. The molecule has 5 nitrogen and oxygen atoms in total. The van der Waals surface area contributed by atoms with Crippen LogP contribution in [0.2, 0.25) is 0 Å². The predicted octanol–water partition coefficient (Wildman–Crippen LogP) is 1.29. The lowest BCUT2D eigenvalue weighted by atomic mass is 10.1. The minimum Gasteiger partial charge on any atom is -0.481 e. The van der Waals surface area contributed by atoms with E-state index in [-0.39, 0.29) is 12.8 Å². The van der Waals surface area contributed by atoms with Gasteiger partial charge in [0, 0.05) is 5.75 Å². The van der Waals surface area contributed by atoms with Crippen LogP contribution in [-0.4, -0.2) is 45.9 Å². The normalized spacial score (nSPS) is 11.2. The van der Waals surface area contributed by atoms with Gasteiger partial charge in [0.15, 0.2) is 0 Å². The molecule has 0 fully saturated rings. The monoisotopic (exact) mass is 264 g/mol. The van der Waals surface area contributed by atoms with Gasteiger partial charge in [-0.2, -0.15) is 11.8 Å². The number of carbonyl (C=O) groups excluding carboxylic acids is 1. The van der Waals surface area contributed by atoms with Crippen LogP contribution < -0.4 is 0 Å². The molecule has 6 heteroatoms. The Balaban J connectivity index is 3.34. The van der Waals surface area contributed by atoms with E-state index in [2.05, 4.69) is 0 Å². The highest BCUT2D eigenvalue weighted by Crippen LogP contribution is 2.09. The van der Waals surface area contributed by atoms with E-state index < -0.39 is 17.5 Å². The summed E-state index contributed by atoms with van der Waals surface area (Å²) in [7, 11) is 0. The number of carbonyl (C=O) groups is 2. The number of carboxylic acid groups (broad SMARTS) is 1. The molecule has 0 heterocycles. The van der Waals surface area contributed by atoms with Crippen LogP contribution in [0.15, 0.2) is 0 Å². The van der Waals surface area contributed by atoms with Crippen LogP contribution in [0.3, 0.4) is 0 Å². The Kier molecular flexibility index (Phi) is 7.99. The molecular weight excluding hydrogens is 244 g/mol. The molecule has 0 aliphatic rings. The topological polar surface area (TPSA) is 83.8 Å². The van der Waals surface area contributed by atoms with Gasteiger partial charge >= 0.3 is 11.9 Å². The van der Waals surface area contributed by atoms with Crippen molar-refractivity contribution in [1.29, 1.82) is 0 Å². The SMILES string of the molecule is CC(C)(O)CC(=O)OCCCSCCC(=O)O. The number of ether oxygens (including phenoxy) is 1. The van der Waals surface area contributed by atoms with E-state index in [0.717, 1.165) is 5.75 Å². The average molecular weight is 264 g/mol. The third kappa shape index (κ3) is 13.2. The molecule has 100 valence electrons. The maximum atomic E-state index is 11.2. The molecule has 0 radical (unpaired) electrons. The van der Waals surface area contributed by atoms with Gasteiger partial charge in [-0.3, -0.25) is 9.59 Å². The first-order chi connectivity index (χ1) is 7.81. The second kappa shape index (κ2) is 8.36. The van der Waals surface area contributed by atoms with Gasteiger partial charge in [0.2, 0.25) is 0 Å². The first-order valence-electron chi connectivity index (χ1n) is 5.49. The smallest absolute Gasteiger partial charge is 0.308 e. The van der Waals surface area contributed by atoms with Crippen LogP contribution in [0.1, 0.15) is 33.1 Å². The molecule has 0 aromatic carbocycles. The van der Waals surface area contributed by atoms with Crippen molar-refractivity contribution < 1.29 is 24.5 Å². The second-order valence-corrected chi connectivity index (χ2v) is 5.54. The van der Waals surface area contributed by atoms with Crippen molar-refractivity contribution in [3.8, 4) is 0 Å². The highest BCUT2D eigenvalue weighted by atomic mass is 32.2. The van der Waals surface area contributed by atoms with E-state index in [0.29, 0.717) is 18.8 Å². The Morgan fingerprint density at radius 2 is 1.94 bits per heavy atom. The fourth-order valence-corrected chi connectivity index (χ4v) is 1.86. The summed E-state index contributed by atoms with van der Waals surface area (Å²) < 4.78 is 4.92. The number of hydrogen-bond acceptors (Lipinski definition) is 5. The van der Waals surface area contributed by atoms with Crippen molar-refractivity contribution in [2.24, 2.45) is 0 Å². The van der Waals surface area contributed by atoms with E-state index in [1.807, 2.05) is 0 Å². The predicted molar refractivity (Wildman–Crippen MR) is 66.1 cm³/mol. The molecule has 0 bridgehead atoms. The van der Waals surface area contributed by atoms with Crippen LogP contribution in [0.4, 0.5) is 0 Å². The average Bonchev–Trinajstić information content (AvgIpc) is 2.12. The van der Waals surface area contributed by atoms with Gasteiger partial charge in [-0.15, -0.1) is 0 Å². The van der Waals surface area contributed by atoms with Crippen molar-refractivity contribution in [1.82, 2.24) is 0 Å². The Morgan fingerprint density at radius 3 is 2.47 bits per heavy atom. The zero-order valence-corrected chi connectivity index (χ0v) is 11.1. The minimum absolute atomic E-state index is 0.0147. The molecule has 0 aromatic rings. The third-order valence-corrected chi connectivity index (χ3v) is 2.80. The van der Waals surface area contributed by atoms with Crippen molar-refractivity contribution >= 4 is 23.7 Å². The Hall–Kier alpha value is -0.750. The lowest BCUT2D eigenvalue weighted by molar-refractivity contribution is -0.148. The molecule has 0 aliphatic carbocycles. The standard InChI is InChI=1S/C11H20O5S/c1-11(2,15)8-10(14)16-5-3-6-17-7-4-9(12)13/h15H,3-8H2,1-2H3,(H,12,13). The molecule has 0 spiro atoms. The van der Waals surface area contributed by atoms with Crippen LogP contribution >= 0.6 is 11.8 Å². The largest absolute Gasteiger partial charge is 0.481 e. The van der Waals surface area contributed by atoms with Gasteiger partial charge in [-0.05, 0) is 26.0 Å². The summed E-state index contributed by atoms with van der Waals surface area (Å²) in [5, 5.41) is 17.7. The maximum Gasteiger partial charge on any atom is 0.308 e. The third-order valence-electron chi connectivity index (χ3n) is 1.73. The van der Waals surface area contributed by atoms with Gasteiger partial charge in [-0.1, -0.05) is 0 Å². The van der Waals surface area contributed by atoms with Gasteiger partial charge in [-0.25, -0.2) is 0 Å². The van der Waals surface area contributed by atoms with Crippen molar-refractivity contribution in [3.05, 3.63) is 0 Å². The molecular formula is C11H20O5S. The van der Waals surface area contributed by atoms with Gasteiger partial charge in [0.1, 0.15) is 0 Å². The number of aliphatic carboxylic acids is 1. The van der Waals surface area contributed by atoms with E-state index in [1.54, 1.807) is 13.8 Å². The number of aliphatic hydroxyl groups is 1. The summed E-state index contributed by atoms with van der Waals surface area (Å²) in [6.07, 6.45) is 0.837. The lowest BCUT2D eigenvalue weighted by Gasteiger charge is -2.15. The van der Waals surface area contributed by atoms with Crippen LogP contribution in [0.25, 0.3) is 0 Å². The number of rotatable bonds is 9. The highest BCUT2D eigenvalue weighted by molar-refractivity contribution is 7.99. The Labute approximate surface area is 106 Å². The van der Waals surface area contributed by atoms with Gasteiger partial charge in [0.25, 0.3) is 0 Å². The first-order valence-corrected chi connectivity index (χ1v) is 6.64. The van der Waals surface area contributed by atoms with Crippen LogP contribution in [0.5, 0.6) is 0 Å². The first kappa shape index (κ1) is 16.2. The van der Waals surface area contributed by atoms with Crippen molar-refractivity contribution in [2.45, 2.75) is 38.7 Å². The van der Waals surface area contributed by atoms with Gasteiger partial charge < -0.3 is 14.9 Å². The number of thioether (sulfide) groups is 1. The number of esters is 1. The molecule has 0 saturated heterocycles. The fourth-order valence-electron chi connectivity index (χ4n) is 1.01. The molecule has 2 N–H and O–H groups in total. The van der Waals surface area contributed by atoms with Crippen molar-refractivity contribution in [2.75, 3.05) is 18.1 Å². The highest BCUT2D eigenvalue weighted by Gasteiger charge is 2.18. The van der Waals surface area contributed by atoms with E-state index in [9.17, 15) is 14.7 Å². The summed E-state index contributed by atoms with van der Waals surface area (Å²) >= 11 is 1.52. The molecule has 0 atom stereocenters. The molecule has 0 aliphatic heterocycles. The number of carboxylic acids is 1. The zero-order valence-electron chi connectivity index (χ0n) is 10.3. The summed E-state index contributed by atoms with van der Waals surface area (Å²) in [5.41, 5.74) is -1.03. The molecule has 0 aromatic heterocycles. The van der Waals surface area contributed by atoms with Crippen LogP contribution in [0, 0.1) is 0 Å². The van der Waals surface area contributed by atoms with E-state index in [4.69, 9.17) is 9.84 Å². The summed E-state index contributed by atoms with van der Waals surface area (Å²) in [6, 6.07) is 0. The Morgan fingerprint density at radius 1 is 1.29 bits per heavy atom. The second-order valence-electron chi connectivity index (χ2n) is 4.32. The molecule has 0 saturated carbocycles. The number of hydrogen-bond donors (Lipinski definition) is 2. The Bertz CT molecular complexity index is 247. The molecule has 0 amide bonds. The van der Waals surface area contributed by atoms with Gasteiger partial charge in [0.05, 0.1) is 25.0 Å². The van der Waals surface area contributed by atoms with Crippen molar-refractivity contribution in [3.63, 3.8) is 0 Å². The molecule has 0 unspecified atom stereocenters. The van der Waals surface area contributed by atoms with Crippen LogP contribution in [-0.2, 0) is 14.3 Å². The molecule has 17 heavy (non-hydrogen) atoms. The summed E-state index contributed by atoms with van der Waals surface area (Å²) in [6.45, 7) is 3.42. The molecule has 0 rings (SSSR count). The summed E-state index contributed by atoms with van der Waals surface area (Å²) in [4.78, 5) is 21.4. The van der Waals surface area contributed by atoms with E-state index >= 15 is 0 Å².